The van der Waals surface area contributed by atoms with E-state index in [1.807, 2.05) is 17.5 Å². The van der Waals surface area contributed by atoms with E-state index < -0.39 is 0 Å². The Hall–Kier alpha value is -1.69. The molecule has 5 nitrogen and oxygen atoms in total. The van der Waals surface area contributed by atoms with Gasteiger partial charge >= 0.3 is 0 Å². The Kier molecular flexibility index (Phi) is 5.10. The highest BCUT2D eigenvalue weighted by Gasteiger charge is 2.28. The van der Waals surface area contributed by atoms with Crippen molar-refractivity contribution >= 4 is 17.2 Å². The number of nitrogens with one attached hydrogen (secondary N) is 1. The summed E-state index contributed by atoms with van der Waals surface area (Å²) in [6.45, 7) is 4.51. The monoisotopic (exact) mass is 333 g/mol. The molecular weight excluding hydrogens is 310 g/mol. The fourth-order valence-corrected chi connectivity index (χ4v) is 3.80. The quantitative estimate of drug-likeness (QED) is 0.906. The summed E-state index contributed by atoms with van der Waals surface area (Å²) >= 11 is 1.57. The van der Waals surface area contributed by atoms with Crippen LogP contribution in [-0.2, 0) is 11.2 Å². The summed E-state index contributed by atoms with van der Waals surface area (Å²) < 4.78 is 5.23. The van der Waals surface area contributed by atoms with Crippen LogP contribution in [-0.4, -0.2) is 22.1 Å². The van der Waals surface area contributed by atoms with E-state index in [0.29, 0.717) is 42.4 Å². The van der Waals surface area contributed by atoms with Gasteiger partial charge in [-0.2, -0.15) is 4.98 Å². The summed E-state index contributed by atoms with van der Waals surface area (Å²) in [4.78, 5) is 17.5. The molecule has 1 fully saturated rings. The molecule has 3 atom stereocenters. The van der Waals surface area contributed by atoms with Crippen molar-refractivity contribution < 1.29 is 9.32 Å². The van der Waals surface area contributed by atoms with Gasteiger partial charge in [-0.1, -0.05) is 37.9 Å². The zero-order valence-electron chi connectivity index (χ0n) is 13.6. The number of aromatic nitrogens is 2. The average molecular weight is 333 g/mol. The molecule has 124 valence electrons. The summed E-state index contributed by atoms with van der Waals surface area (Å²) in [7, 11) is 0. The van der Waals surface area contributed by atoms with Crippen LogP contribution < -0.4 is 5.32 Å². The number of hydrogen-bond donors (Lipinski definition) is 1. The lowest BCUT2D eigenvalue weighted by molar-refractivity contribution is -0.122. The molecule has 2 aromatic rings. The number of hydrogen-bond acceptors (Lipinski definition) is 5. The van der Waals surface area contributed by atoms with Crippen molar-refractivity contribution in [1.82, 2.24) is 15.5 Å². The number of carbonyl (C=O) groups excluding carboxylic acids is 1. The van der Waals surface area contributed by atoms with Gasteiger partial charge in [-0.15, -0.1) is 11.3 Å². The predicted octanol–water partition coefficient (Wildman–Crippen LogP) is 3.67. The molecule has 0 radical (unpaired) electrons. The number of aryl methyl sites for hydroxylation is 1. The van der Waals surface area contributed by atoms with Crippen LogP contribution >= 0.6 is 11.3 Å². The molecule has 0 aliphatic heterocycles. The second kappa shape index (κ2) is 7.25. The van der Waals surface area contributed by atoms with Gasteiger partial charge in [0.2, 0.25) is 17.6 Å². The Morgan fingerprint density at radius 1 is 1.43 bits per heavy atom. The van der Waals surface area contributed by atoms with Gasteiger partial charge in [0.25, 0.3) is 0 Å². The lowest BCUT2D eigenvalue weighted by Crippen LogP contribution is -2.43. The third-order valence-corrected chi connectivity index (χ3v) is 5.69. The van der Waals surface area contributed by atoms with Gasteiger partial charge in [0.1, 0.15) is 0 Å². The Bertz CT molecular complexity index is 638. The molecule has 2 aromatic heterocycles. The molecule has 23 heavy (non-hydrogen) atoms. The molecule has 2 heterocycles. The molecule has 6 heteroatoms. The van der Waals surface area contributed by atoms with E-state index in [9.17, 15) is 4.79 Å². The fraction of sp³-hybridized carbons (Fsp3) is 0.588. The highest BCUT2D eigenvalue weighted by Crippen LogP contribution is 2.29. The van der Waals surface area contributed by atoms with Crippen LogP contribution in [0.2, 0.25) is 0 Å². The molecule has 3 rings (SSSR count). The second-order valence-electron chi connectivity index (χ2n) is 6.43. The Labute approximate surface area is 140 Å². The minimum atomic E-state index is 0.0758. The van der Waals surface area contributed by atoms with Gasteiger partial charge in [-0.05, 0) is 29.7 Å². The zero-order valence-corrected chi connectivity index (χ0v) is 14.4. The summed E-state index contributed by atoms with van der Waals surface area (Å²) in [5.41, 5.74) is 0. The molecule has 1 saturated carbocycles. The van der Waals surface area contributed by atoms with E-state index in [1.54, 1.807) is 11.3 Å². The van der Waals surface area contributed by atoms with E-state index >= 15 is 0 Å². The van der Waals surface area contributed by atoms with E-state index in [2.05, 4.69) is 29.3 Å². The maximum Gasteiger partial charge on any atom is 0.227 e. The maximum absolute atomic E-state index is 12.2. The SMILES string of the molecule is CC1CCCC(NC(=O)CCc2nc(-c3cccs3)no2)C1C. The molecule has 1 aliphatic rings. The van der Waals surface area contributed by atoms with Gasteiger partial charge in [0.05, 0.1) is 4.88 Å². The maximum atomic E-state index is 12.2. The predicted molar refractivity (Wildman–Crippen MR) is 90.0 cm³/mol. The summed E-state index contributed by atoms with van der Waals surface area (Å²) in [6, 6.07) is 4.21. The van der Waals surface area contributed by atoms with E-state index in [4.69, 9.17) is 4.52 Å². The molecule has 0 aromatic carbocycles. The Balaban J connectivity index is 1.49. The molecule has 1 aliphatic carbocycles. The first-order valence-electron chi connectivity index (χ1n) is 8.29. The first-order valence-corrected chi connectivity index (χ1v) is 9.17. The van der Waals surface area contributed by atoms with E-state index in [-0.39, 0.29) is 5.91 Å². The number of nitrogens with zero attached hydrogens (tertiary/aromatic N) is 2. The van der Waals surface area contributed by atoms with Crippen molar-refractivity contribution in [3.63, 3.8) is 0 Å². The number of thiophene rings is 1. The van der Waals surface area contributed by atoms with E-state index in [0.717, 1.165) is 11.3 Å². The van der Waals surface area contributed by atoms with Crippen molar-refractivity contribution in [3.05, 3.63) is 23.4 Å². The Morgan fingerprint density at radius 3 is 3.09 bits per heavy atom. The standard InChI is InChI=1S/C17H23N3O2S/c1-11-5-3-6-13(12(11)2)18-15(21)8-9-16-19-17(20-22-16)14-7-4-10-23-14/h4,7,10-13H,3,5-6,8-9H2,1-2H3,(H,18,21). The van der Waals surface area contributed by atoms with Gasteiger partial charge < -0.3 is 9.84 Å². The lowest BCUT2D eigenvalue weighted by Gasteiger charge is -2.34. The van der Waals surface area contributed by atoms with Crippen molar-refractivity contribution in [3.8, 4) is 10.7 Å². The van der Waals surface area contributed by atoms with Crippen LogP contribution in [0.15, 0.2) is 22.0 Å². The smallest absolute Gasteiger partial charge is 0.227 e. The minimum Gasteiger partial charge on any atom is -0.353 e. The summed E-state index contributed by atoms with van der Waals surface area (Å²) in [5, 5.41) is 9.12. The average Bonchev–Trinajstić information content (AvgIpc) is 3.20. The molecule has 1 N–H and O–H groups in total. The number of amides is 1. The highest BCUT2D eigenvalue weighted by molar-refractivity contribution is 7.13. The van der Waals surface area contributed by atoms with Crippen LogP contribution in [0.3, 0.4) is 0 Å². The van der Waals surface area contributed by atoms with Crippen LogP contribution in [0.25, 0.3) is 10.7 Å². The van der Waals surface area contributed by atoms with Crippen LogP contribution in [0.5, 0.6) is 0 Å². The van der Waals surface area contributed by atoms with Crippen molar-refractivity contribution in [2.24, 2.45) is 11.8 Å². The third kappa shape index (κ3) is 3.99. The first-order chi connectivity index (χ1) is 11.1. The molecule has 1 amide bonds. The first kappa shape index (κ1) is 16.2. The van der Waals surface area contributed by atoms with Crippen LogP contribution in [0.4, 0.5) is 0 Å². The summed E-state index contributed by atoms with van der Waals surface area (Å²) in [5.74, 6) is 2.42. The highest BCUT2D eigenvalue weighted by atomic mass is 32.1. The van der Waals surface area contributed by atoms with Gasteiger partial charge in [-0.25, -0.2) is 0 Å². The van der Waals surface area contributed by atoms with Crippen molar-refractivity contribution in [1.29, 1.82) is 0 Å². The summed E-state index contributed by atoms with van der Waals surface area (Å²) in [6.07, 6.45) is 4.43. The fourth-order valence-electron chi connectivity index (χ4n) is 3.15. The van der Waals surface area contributed by atoms with Crippen molar-refractivity contribution in [2.45, 2.75) is 52.0 Å². The largest absolute Gasteiger partial charge is 0.353 e. The normalized spacial score (nSPS) is 24.5. The number of carbonyl (C=O) groups is 1. The third-order valence-electron chi connectivity index (χ3n) is 4.83. The van der Waals surface area contributed by atoms with Crippen molar-refractivity contribution in [2.75, 3.05) is 0 Å². The molecular formula is C17H23N3O2S. The van der Waals surface area contributed by atoms with Crippen LogP contribution in [0, 0.1) is 11.8 Å². The van der Waals surface area contributed by atoms with Gasteiger partial charge in [0, 0.05) is 18.9 Å². The van der Waals surface area contributed by atoms with E-state index in [1.165, 1.54) is 12.8 Å². The Morgan fingerprint density at radius 2 is 2.30 bits per heavy atom. The van der Waals surface area contributed by atoms with Gasteiger partial charge in [0.15, 0.2) is 0 Å². The minimum absolute atomic E-state index is 0.0758. The number of rotatable bonds is 5. The molecule has 0 bridgehead atoms. The molecule has 0 saturated heterocycles. The van der Waals surface area contributed by atoms with Crippen LogP contribution in [0.1, 0.15) is 45.4 Å². The van der Waals surface area contributed by atoms with Gasteiger partial charge in [-0.3, -0.25) is 4.79 Å². The topological polar surface area (TPSA) is 68.0 Å². The molecule has 0 spiro atoms. The second-order valence-corrected chi connectivity index (χ2v) is 7.38. The lowest BCUT2D eigenvalue weighted by atomic mass is 9.78. The molecule has 3 unspecified atom stereocenters. The zero-order chi connectivity index (χ0) is 16.2.